The van der Waals surface area contributed by atoms with Crippen LogP contribution in [0.2, 0.25) is 0 Å². The van der Waals surface area contributed by atoms with E-state index in [0.717, 1.165) is 12.0 Å². The van der Waals surface area contributed by atoms with Gasteiger partial charge in [-0.25, -0.2) is 0 Å². The third-order valence-electron chi connectivity index (χ3n) is 4.26. The van der Waals surface area contributed by atoms with Crippen molar-refractivity contribution >= 4 is 11.9 Å². The highest BCUT2D eigenvalue weighted by Crippen LogP contribution is 2.27. The number of amides is 1. The van der Waals surface area contributed by atoms with Crippen LogP contribution in [0.5, 0.6) is 0 Å². The summed E-state index contributed by atoms with van der Waals surface area (Å²) in [6.07, 6.45) is 1.41. The van der Waals surface area contributed by atoms with E-state index in [2.05, 4.69) is 0 Å². The maximum Gasteiger partial charge on any atom is 0.308 e. The Morgan fingerprint density at radius 1 is 1.30 bits per heavy atom. The number of aliphatic carboxylic acids is 1. The standard InChI is InChI=1S/C16H21NO3/c1-11(13-7-4-3-5-8-13)15(18)17-10-6-9-14(12(17)2)16(19)20/h3-5,7-8,11-12,14H,6,9-10H2,1-2H3,(H,19,20)/t11-,12+,14+/m1/s1. The zero-order chi connectivity index (χ0) is 14.7. The van der Waals surface area contributed by atoms with Crippen LogP contribution in [0.1, 0.15) is 38.2 Å². The summed E-state index contributed by atoms with van der Waals surface area (Å²) >= 11 is 0. The average Bonchev–Trinajstić information content (AvgIpc) is 2.46. The molecule has 4 heteroatoms. The summed E-state index contributed by atoms with van der Waals surface area (Å²) in [6.45, 7) is 4.38. The van der Waals surface area contributed by atoms with Crippen molar-refractivity contribution in [1.29, 1.82) is 0 Å². The fraction of sp³-hybridized carbons (Fsp3) is 0.500. The Labute approximate surface area is 119 Å². The minimum absolute atomic E-state index is 0.0228. The molecule has 0 radical (unpaired) electrons. The van der Waals surface area contributed by atoms with E-state index in [0.29, 0.717) is 13.0 Å². The first-order chi connectivity index (χ1) is 9.52. The van der Waals surface area contributed by atoms with Crippen molar-refractivity contribution in [1.82, 2.24) is 4.90 Å². The normalized spacial score (nSPS) is 24.2. The molecular weight excluding hydrogens is 254 g/mol. The summed E-state index contributed by atoms with van der Waals surface area (Å²) in [4.78, 5) is 25.6. The highest BCUT2D eigenvalue weighted by atomic mass is 16.4. The van der Waals surface area contributed by atoms with Crippen LogP contribution in [-0.4, -0.2) is 34.5 Å². The van der Waals surface area contributed by atoms with Crippen LogP contribution >= 0.6 is 0 Å². The number of benzene rings is 1. The average molecular weight is 275 g/mol. The van der Waals surface area contributed by atoms with Gasteiger partial charge in [0, 0.05) is 12.6 Å². The lowest BCUT2D eigenvalue weighted by Gasteiger charge is -2.39. The second-order valence-electron chi connectivity index (χ2n) is 5.49. The van der Waals surface area contributed by atoms with Gasteiger partial charge in [0.05, 0.1) is 11.8 Å². The molecule has 1 aromatic rings. The van der Waals surface area contributed by atoms with Crippen LogP contribution < -0.4 is 0 Å². The van der Waals surface area contributed by atoms with Gasteiger partial charge in [0.1, 0.15) is 0 Å². The number of carboxylic acids is 1. The van der Waals surface area contributed by atoms with Gasteiger partial charge in [-0.2, -0.15) is 0 Å². The maximum absolute atomic E-state index is 12.6. The molecule has 0 aliphatic carbocycles. The van der Waals surface area contributed by atoms with E-state index in [1.165, 1.54) is 0 Å². The lowest BCUT2D eigenvalue weighted by molar-refractivity contribution is -0.149. The molecule has 1 amide bonds. The quantitative estimate of drug-likeness (QED) is 0.922. The Balaban J connectivity index is 2.14. The number of piperidine rings is 1. The number of carbonyl (C=O) groups excluding carboxylic acids is 1. The van der Waals surface area contributed by atoms with Crippen LogP contribution in [-0.2, 0) is 9.59 Å². The molecule has 1 aliphatic heterocycles. The van der Waals surface area contributed by atoms with Crippen LogP contribution in [0.4, 0.5) is 0 Å². The Morgan fingerprint density at radius 3 is 2.55 bits per heavy atom. The first-order valence-corrected chi connectivity index (χ1v) is 7.10. The summed E-state index contributed by atoms with van der Waals surface area (Å²) in [5.41, 5.74) is 0.974. The molecule has 1 N–H and O–H groups in total. The van der Waals surface area contributed by atoms with Gasteiger partial charge in [-0.1, -0.05) is 30.3 Å². The highest BCUT2D eigenvalue weighted by molar-refractivity contribution is 5.84. The smallest absolute Gasteiger partial charge is 0.308 e. The Morgan fingerprint density at radius 2 is 1.95 bits per heavy atom. The number of carboxylic acid groups (broad SMARTS) is 1. The van der Waals surface area contributed by atoms with Crippen molar-refractivity contribution in [2.24, 2.45) is 5.92 Å². The minimum atomic E-state index is -0.803. The van der Waals surface area contributed by atoms with Crippen molar-refractivity contribution in [3.63, 3.8) is 0 Å². The van der Waals surface area contributed by atoms with Crippen molar-refractivity contribution in [2.75, 3.05) is 6.54 Å². The molecule has 3 atom stereocenters. The topological polar surface area (TPSA) is 57.6 Å². The number of rotatable bonds is 3. The molecule has 108 valence electrons. The summed E-state index contributed by atoms with van der Waals surface area (Å²) in [6, 6.07) is 9.39. The van der Waals surface area contributed by atoms with Crippen molar-refractivity contribution < 1.29 is 14.7 Å². The molecule has 0 saturated carbocycles. The highest BCUT2D eigenvalue weighted by Gasteiger charge is 2.36. The largest absolute Gasteiger partial charge is 0.481 e. The molecule has 1 aliphatic rings. The van der Waals surface area contributed by atoms with Gasteiger partial charge in [-0.3, -0.25) is 9.59 Å². The van der Waals surface area contributed by atoms with Gasteiger partial charge < -0.3 is 10.0 Å². The van der Waals surface area contributed by atoms with Crippen LogP contribution in [0.25, 0.3) is 0 Å². The molecule has 1 fully saturated rings. The first kappa shape index (κ1) is 14.6. The molecule has 1 aromatic carbocycles. The molecule has 1 saturated heterocycles. The number of nitrogens with zero attached hydrogens (tertiary/aromatic N) is 1. The second kappa shape index (κ2) is 6.07. The molecule has 2 rings (SSSR count). The molecule has 20 heavy (non-hydrogen) atoms. The number of carbonyl (C=O) groups is 2. The molecular formula is C16H21NO3. The first-order valence-electron chi connectivity index (χ1n) is 7.10. The summed E-state index contributed by atoms with van der Waals surface area (Å²) in [5.74, 6) is -1.46. The molecule has 0 unspecified atom stereocenters. The van der Waals surface area contributed by atoms with Crippen molar-refractivity contribution in [3.8, 4) is 0 Å². The van der Waals surface area contributed by atoms with Gasteiger partial charge in [-0.15, -0.1) is 0 Å². The van der Waals surface area contributed by atoms with E-state index in [-0.39, 0.29) is 17.9 Å². The van der Waals surface area contributed by atoms with Crippen LogP contribution in [0.3, 0.4) is 0 Å². The van der Waals surface area contributed by atoms with Gasteiger partial charge in [0.25, 0.3) is 0 Å². The summed E-state index contributed by atoms with van der Waals surface area (Å²) in [5, 5.41) is 9.23. The van der Waals surface area contributed by atoms with Gasteiger partial charge in [-0.05, 0) is 32.3 Å². The fourth-order valence-electron chi connectivity index (χ4n) is 2.92. The molecule has 0 aromatic heterocycles. The van der Waals surface area contributed by atoms with Crippen molar-refractivity contribution in [2.45, 2.75) is 38.6 Å². The zero-order valence-electron chi connectivity index (χ0n) is 12.0. The second-order valence-corrected chi connectivity index (χ2v) is 5.49. The Hall–Kier alpha value is -1.84. The minimum Gasteiger partial charge on any atom is -0.481 e. The molecule has 0 bridgehead atoms. The Kier molecular flexibility index (Phi) is 4.42. The fourth-order valence-corrected chi connectivity index (χ4v) is 2.92. The molecule has 1 heterocycles. The number of hydrogen-bond donors (Lipinski definition) is 1. The third kappa shape index (κ3) is 2.84. The van der Waals surface area contributed by atoms with Gasteiger partial charge in [0.2, 0.25) is 5.91 Å². The molecule has 0 spiro atoms. The maximum atomic E-state index is 12.6. The molecule has 4 nitrogen and oxygen atoms in total. The number of likely N-dealkylation sites (tertiary alicyclic amines) is 1. The van der Waals surface area contributed by atoms with Crippen LogP contribution in [0.15, 0.2) is 30.3 Å². The van der Waals surface area contributed by atoms with Gasteiger partial charge >= 0.3 is 5.97 Å². The van der Waals surface area contributed by atoms with E-state index < -0.39 is 11.9 Å². The Bertz CT molecular complexity index is 486. The van der Waals surface area contributed by atoms with Crippen LogP contribution in [0, 0.1) is 5.92 Å². The van der Waals surface area contributed by atoms with E-state index in [1.54, 1.807) is 4.90 Å². The predicted octanol–water partition coefficient (Wildman–Crippen LogP) is 2.50. The van der Waals surface area contributed by atoms with E-state index >= 15 is 0 Å². The zero-order valence-corrected chi connectivity index (χ0v) is 12.0. The van der Waals surface area contributed by atoms with Crippen molar-refractivity contribution in [3.05, 3.63) is 35.9 Å². The predicted molar refractivity (Wildman–Crippen MR) is 76.4 cm³/mol. The number of hydrogen-bond acceptors (Lipinski definition) is 2. The lowest BCUT2D eigenvalue weighted by Crippen LogP contribution is -2.50. The third-order valence-corrected chi connectivity index (χ3v) is 4.26. The van der Waals surface area contributed by atoms with Gasteiger partial charge in [0.15, 0.2) is 0 Å². The van der Waals surface area contributed by atoms with E-state index in [1.807, 2.05) is 44.2 Å². The SMILES string of the molecule is C[C@@H](C(=O)N1CCC[C@H](C(=O)O)[C@@H]1C)c1ccccc1. The monoisotopic (exact) mass is 275 g/mol. The summed E-state index contributed by atoms with van der Waals surface area (Å²) in [7, 11) is 0. The lowest BCUT2D eigenvalue weighted by atomic mass is 9.88. The van der Waals surface area contributed by atoms with E-state index in [4.69, 9.17) is 0 Å². The summed E-state index contributed by atoms with van der Waals surface area (Å²) < 4.78 is 0. The van der Waals surface area contributed by atoms with E-state index in [9.17, 15) is 14.7 Å².